The summed E-state index contributed by atoms with van der Waals surface area (Å²) in [6, 6.07) is 0. The number of hydrogen-bond donors (Lipinski definition) is 1. The molecule has 1 aliphatic heterocycles. The molecule has 1 aromatic rings. The Kier molecular flexibility index (Phi) is 5.25. The third kappa shape index (κ3) is 4.20. The molecule has 2 rings (SSSR count). The molecule has 0 radical (unpaired) electrons. The summed E-state index contributed by atoms with van der Waals surface area (Å²) in [5.41, 5.74) is 1.85. The highest BCUT2D eigenvalue weighted by molar-refractivity contribution is 7.09. The van der Waals surface area contributed by atoms with Gasteiger partial charge in [-0.3, -0.25) is 4.98 Å². The maximum absolute atomic E-state index is 5.62. The summed E-state index contributed by atoms with van der Waals surface area (Å²) in [6.45, 7) is 4.02. The van der Waals surface area contributed by atoms with Gasteiger partial charge in [-0.25, -0.2) is 0 Å². The minimum absolute atomic E-state index is 0.730. The van der Waals surface area contributed by atoms with Gasteiger partial charge in [0.15, 0.2) is 0 Å². The van der Waals surface area contributed by atoms with E-state index in [1.165, 1.54) is 43.6 Å². The lowest BCUT2D eigenvalue weighted by Gasteiger charge is -2.22. The van der Waals surface area contributed by atoms with Crippen LogP contribution in [0.4, 0.5) is 0 Å². The number of aromatic nitrogens is 1. The van der Waals surface area contributed by atoms with Gasteiger partial charge in [0.1, 0.15) is 0 Å². The van der Waals surface area contributed by atoms with Gasteiger partial charge in [-0.05, 0) is 44.7 Å². The van der Waals surface area contributed by atoms with Crippen LogP contribution in [0.3, 0.4) is 0 Å². The van der Waals surface area contributed by atoms with Crippen LogP contribution in [0.2, 0.25) is 0 Å². The SMILES string of the molecule is c1ncc(COCCC[C@H]2CCCNC2)s1. The maximum Gasteiger partial charge on any atom is 0.0825 e. The molecule has 0 bridgehead atoms. The molecule has 4 heteroatoms. The number of nitrogens with one attached hydrogen (secondary N) is 1. The van der Waals surface area contributed by atoms with Crippen LogP contribution < -0.4 is 5.32 Å². The molecule has 1 atom stereocenters. The average molecular weight is 240 g/mol. The van der Waals surface area contributed by atoms with Crippen LogP contribution in [0.1, 0.15) is 30.6 Å². The summed E-state index contributed by atoms with van der Waals surface area (Å²) >= 11 is 1.66. The van der Waals surface area contributed by atoms with Crippen LogP contribution in [-0.2, 0) is 11.3 Å². The summed E-state index contributed by atoms with van der Waals surface area (Å²) in [5, 5.41) is 3.45. The molecule has 1 fully saturated rings. The van der Waals surface area contributed by atoms with Gasteiger partial charge >= 0.3 is 0 Å². The van der Waals surface area contributed by atoms with Gasteiger partial charge < -0.3 is 10.1 Å². The molecule has 90 valence electrons. The predicted octanol–water partition coefficient (Wildman–Crippen LogP) is 2.44. The van der Waals surface area contributed by atoms with E-state index in [4.69, 9.17) is 4.74 Å². The average Bonchev–Trinajstić information content (AvgIpc) is 2.83. The Bertz CT molecular complexity index is 271. The van der Waals surface area contributed by atoms with Crippen molar-refractivity contribution in [2.45, 2.75) is 32.3 Å². The van der Waals surface area contributed by atoms with E-state index in [2.05, 4.69) is 10.3 Å². The number of rotatable bonds is 6. The second-order valence-corrected chi connectivity index (χ2v) is 5.35. The van der Waals surface area contributed by atoms with Gasteiger partial charge in [-0.2, -0.15) is 0 Å². The molecule has 1 saturated heterocycles. The van der Waals surface area contributed by atoms with Gasteiger partial charge in [0.25, 0.3) is 0 Å². The molecule has 3 nitrogen and oxygen atoms in total. The quantitative estimate of drug-likeness (QED) is 0.776. The summed E-state index contributed by atoms with van der Waals surface area (Å²) in [5.74, 6) is 0.876. The molecule has 0 aromatic carbocycles. The monoisotopic (exact) mass is 240 g/mol. The van der Waals surface area contributed by atoms with Crippen LogP contribution in [0.15, 0.2) is 11.7 Å². The zero-order valence-corrected chi connectivity index (χ0v) is 10.5. The van der Waals surface area contributed by atoms with E-state index in [1.807, 2.05) is 11.7 Å². The number of hydrogen-bond acceptors (Lipinski definition) is 4. The van der Waals surface area contributed by atoms with Gasteiger partial charge in [-0.1, -0.05) is 0 Å². The Hall–Kier alpha value is -0.450. The van der Waals surface area contributed by atoms with Crippen LogP contribution in [0, 0.1) is 5.92 Å². The van der Waals surface area contributed by atoms with Crippen molar-refractivity contribution < 1.29 is 4.74 Å². The highest BCUT2D eigenvalue weighted by Gasteiger charge is 2.11. The first-order valence-corrected chi connectivity index (χ1v) is 6.99. The highest BCUT2D eigenvalue weighted by atomic mass is 32.1. The lowest BCUT2D eigenvalue weighted by molar-refractivity contribution is 0.114. The number of ether oxygens (including phenoxy) is 1. The van der Waals surface area contributed by atoms with E-state index < -0.39 is 0 Å². The van der Waals surface area contributed by atoms with E-state index >= 15 is 0 Å². The minimum atomic E-state index is 0.730. The zero-order valence-electron chi connectivity index (χ0n) is 9.65. The van der Waals surface area contributed by atoms with Crippen molar-refractivity contribution in [3.8, 4) is 0 Å². The standard InChI is InChI=1S/C12H20N2OS/c1-3-11(7-13-5-1)4-2-6-15-9-12-8-14-10-16-12/h8,10-11,13H,1-7,9H2/t11-/m1/s1. The van der Waals surface area contributed by atoms with Crippen molar-refractivity contribution in [1.82, 2.24) is 10.3 Å². The normalized spacial score (nSPS) is 21.1. The molecule has 0 aliphatic carbocycles. The van der Waals surface area contributed by atoms with Crippen molar-refractivity contribution in [2.24, 2.45) is 5.92 Å². The second kappa shape index (κ2) is 6.99. The van der Waals surface area contributed by atoms with E-state index in [0.717, 1.165) is 19.1 Å². The molecular formula is C12H20N2OS. The van der Waals surface area contributed by atoms with Gasteiger partial charge in [0, 0.05) is 12.8 Å². The van der Waals surface area contributed by atoms with E-state index in [0.29, 0.717) is 0 Å². The van der Waals surface area contributed by atoms with E-state index in [9.17, 15) is 0 Å². The minimum Gasteiger partial charge on any atom is -0.376 e. The summed E-state index contributed by atoms with van der Waals surface area (Å²) in [6.07, 6.45) is 7.10. The summed E-state index contributed by atoms with van der Waals surface area (Å²) < 4.78 is 5.62. The molecule has 16 heavy (non-hydrogen) atoms. The van der Waals surface area contributed by atoms with Crippen LogP contribution in [0.5, 0.6) is 0 Å². The maximum atomic E-state index is 5.62. The van der Waals surface area contributed by atoms with Crippen molar-refractivity contribution in [3.05, 3.63) is 16.6 Å². The van der Waals surface area contributed by atoms with E-state index in [-0.39, 0.29) is 0 Å². The third-order valence-electron chi connectivity index (χ3n) is 3.03. The fraction of sp³-hybridized carbons (Fsp3) is 0.750. The fourth-order valence-corrected chi connectivity index (χ4v) is 2.66. The van der Waals surface area contributed by atoms with E-state index in [1.54, 1.807) is 11.3 Å². The Labute approximate surface area is 101 Å². The third-order valence-corrected chi connectivity index (χ3v) is 3.78. The van der Waals surface area contributed by atoms with Crippen molar-refractivity contribution >= 4 is 11.3 Å². The zero-order chi connectivity index (χ0) is 11.1. The van der Waals surface area contributed by atoms with Crippen molar-refractivity contribution in [1.29, 1.82) is 0 Å². The molecular weight excluding hydrogens is 220 g/mol. The molecule has 0 spiro atoms. The molecule has 1 N–H and O–H groups in total. The van der Waals surface area contributed by atoms with Crippen LogP contribution in [0.25, 0.3) is 0 Å². The number of thiazole rings is 1. The second-order valence-electron chi connectivity index (χ2n) is 4.37. The molecule has 0 unspecified atom stereocenters. The molecule has 1 aliphatic rings. The number of nitrogens with zero attached hydrogens (tertiary/aromatic N) is 1. The largest absolute Gasteiger partial charge is 0.376 e. The summed E-state index contributed by atoms with van der Waals surface area (Å²) in [4.78, 5) is 5.25. The van der Waals surface area contributed by atoms with Crippen LogP contribution in [-0.4, -0.2) is 24.7 Å². The topological polar surface area (TPSA) is 34.1 Å². The van der Waals surface area contributed by atoms with Crippen molar-refractivity contribution in [3.63, 3.8) is 0 Å². The Morgan fingerprint density at radius 1 is 1.56 bits per heavy atom. The first kappa shape index (κ1) is 12.0. The fourth-order valence-electron chi connectivity index (χ4n) is 2.13. The summed E-state index contributed by atoms with van der Waals surface area (Å²) in [7, 11) is 0. The first-order valence-electron chi connectivity index (χ1n) is 6.11. The highest BCUT2D eigenvalue weighted by Crippen LogP contribution is 2.16. The smallest absolute Gasteiger partial charge is 0.0825 e. The molecule has 2 heterocycles. The molecule has 0 amide bonds. The van der Waals surface area contributed by atoms with Crippen molar-refractivity contribution in [2.75, 3.05) is 19.7 Å². The van der Waals surface area contributed by atoms with Gasteiger partial charge in [0.05, 0.1) is 17.0 Å². The lowest BCUT2D eigenvalue weighted by Crippen LogP contribution is -2.29. The van der Waals surface area contributed by atoms with Gasteiger partial charge in [-0.15, -0.1) is 11.3 Å². The Morgan fingerprint density at radius 3 is 3.31 bits per heavy atom. The lowest BCUT2D eigenvalue weighted by atomic mass is 9.95. The Morgan fingerprint density at radius 2 is 2.56 bits per heavy atom. The predicted molar refractivity (Wildman–Crippen MR) is 66.6 cm³/mol. The van der Waals surface area contributed by atoms with Crippen LogP contribution >= 0.6 is 11.3 Å². The number of piperidine rings is 1. The molecule has 0 saturated carbocycles. The Balaban J connectivity index is 1.48. The molecule has 1 aromatic heterocycles. The first-order chi connectivity index (χ1) is 7.95. The van der Waals surface area contributed by atoms with Gasteiger partial charge in [0.2, 0.25) is 0 Å².